The highest BCUT2D eigenvalue weighted by molar-refractivity contribution is 6.44. The minimum absolute atomic E-state index is 0.0550. The third-order valence-corrected chi connectivity index (χ3v) is 3.25. The van der Waals surface area contributed by atoms with E-state index in [1.54, 1.807) is 0 Å². The van der Waals surface area contributed by atoms with E-state index in [0.717, 1.165) is 5.56 Å². The predicted molar refractivity (Wildman–Crippen MR) is 77.6 cm³/mol. The Hall–Kier alpha value is -1.29. The molecule has 20 heavy (non-hydrogen) atoms. The van der Waals surface area contributed by atoms with E-state index in [9.17, 15) is 9.50 Å². The van der Waals surface area contributed by atoms with Gasteiger partial charge >= 0.3 is 0 Å². The number of aliphatic hydroxyl groups is 1. The fourth-order valence-electron chi connectivity index (χ4n) is 1.70. The second-order valence-electron chi connectivity index (χ2n) is 4.24. The number of halogens is 3. The van der Waals surface area contributed by atoms with Gasteiger partial charge in [-0.05, 0) is 23.3 Å². The summed E-state index contributed by atoms with van der Waals surface area (Å²) in [5.41, 5.74) is 1.33. The van der Waals surface area contributed by atoms with E-state index in [1.165, 1.54) is 18.2 Å². The molecule has 1 atom stereocenters. The Bertz CT molecular complexity index is 561. The average Bonchev–Trinajstić information content (AvgIpc) is 2.46. The topological polar surface area (TPSA) is 29.5 Å². The van der Waals surface area contributed by atoms with Gasteiger partial charge in [-0.1, -0.05) is 36.4 Å². The zero-order valence-electron chi connectivity index (χ0n) is 10.5. The van der Waals surface area contributed by atoms with Crippen LogP contribution in [0.2, 0.25) is 0 Å². The Labute approximate surface area is 126 Å². The number of hydrogen-bond acceptors (Lipinski definition) is 2. The first-order chi connectivity index (χ1) is 9.58. The first kappa shape index (κ1) is 15.1. The molecule has 0 fully saturated rings. The van der Waals surface area contributed by atoms with Crippen LogP contribution in [0.3, 0.4) is 0 Å². The molecule has 0 aromatic heterocycles. The highest BCUT2D eigenvalue weighted by Gasteiger charge is 2.17. The van der Waals surface area contributed by atoms with Crippen LogP contribution in [0.1, 0.15) is 17.2 Å². The molecule has 2 aromatic rings. The van der Waals surface area contributed by atoms with Gasteiger partial charge in [0.15, 0.2) is 11.6 Å². The average molecular weight is 315 g/mol. The maximum atomic E-state index is 13.7. The Morgan fingerprint density at radius 1 is 1.10 bits per heavy atom. The quantitative estimate of drug-likeness (QED) is 0.836. The fourth-order valence-corrected chi connectivity index (χ4v) is 1.99. The summed E-state index contributed by atoms with van der Waals surface area (Å²) in [5.74, 6) is -0.447. The van der Waals surface area contributed by atoms with Crippen LogP contribution in [-0.2, 0) is 6.61 Å². The van der Waals surface area contributed by atoms with Gasteiger partial charge in [0.05, 0.1) is 0 Å². The fraction of sp³-hybridized carbons (Fsp3) is 0.200. The normalized spacial score (nSPS) is 12.4. The lowest BCUT2D eigenvalue weighted by Gasteiger charge is -2.14. The van der Waals surface area contributed by atoms with Crippen LogP contribution in [-0.4, -0.2) is 9.94 Å². The zero-order chi connectivity index (χ0) is 14.5. The van der Waals surface area contributed by atoms with Crippen LogP contribution >= 0.6 is 23.2 Å². The molecule has 5 heteroatoms. The third-order valence-electron chi connectivity index (χ3n) is 2.77. The van der Waals surface area contributed by atoms with Crippen LogP contribution in [0, 0.1) is 5.82 Å². The van der Waals surface area contributed by atoms with Crippen LogP contribution in [0.5, 0.6) is 5.75 Å². The lowest BCUT2D eigenvalue weighted by molar-refractivity contribution is 0.191. The smallest absolute Gasteiger partial charge is 0.165 e. The van der Waals surface area contributed by atoms with E-state index in [2.05, 4.69) is 0 Å². The van der Waals surface area contributed by atoms with E-state index >= 15 is 0 Å². The molecular weight excluding hydrogens is 302 g/mol. The molecule has 2 nitrogen and oxygen atoms in total. The highest BCUT2D eigenvalue weighted by atomic mass is 35.5. The molecule has 0 spiro atoms. The molecule has 0 saturated carbocycles. The Balaban J connectivity index is 2.13. The largest absolute Gasteiger partial charge is 0.486 e. The standard InChI is InChI=1S/C15H13Cl2FO2/c16-15(17)14(19)11-6-7-12(18)13(8-11)20-9-10-4-2-1-3-5-10/h1-8,14-15,19H,9H2. The summed E-state index contributed by atoms with van der Waals surface area (Å²) in [5, 5.41) is 9.76. The molecule has 0 radical (unpaired) electrons. The summed E-state index contributed by atoms with van der Waals surface area (Å²) >= 11 is 11.2. The van der Waals surface area contributed by atoms with E-state index in [-0.39, 0.29) is 12.4 Å². The van der Waals surface area contributed by atoms with Crippen molar-refractivity contribution in [3.05, 3.63) is 65.5 Å². The van der Waals surface area contributed by atoms with Crippen molar-refractivity contribution >= 4 is 23.2 Å². The Morgan fingerprint density at radius 3 is 2.45 bits per heavy atom. The number of ether oxygens (including phenoxy) is 1. The molecule has 106 valence electrons. The van der Waals surface area contributed by atoms with Gasteiger partial charge in [0.1, 0.15) is 17.5 Å². The number of rotatable bonds is 5. The number of alkyl halides is 2. The molecular formula is C15H13Cl2FO2. The van der Waals surface area contributed by atoms with E-state index in [1.807, 2.05) is 30.3 Å². The minimum atomic E-state index is -1.09. The monoisotopic (exact) mass is 314 g/mol. The molecule has 0 heterocycles. The molecule has 1 N–H and O–H groups in total. The summed E-state index contributed by atoms with van der Waals surface area (Å²) in [6.45, 7) is 0.239. The van der Waals surface area contributed by atoms with E-state index < -0.39 is 16.8 Å². The first-order valence-corrected chi connectivity index (χ1v) is 6.87. The van der Waals surface area contributed by atoms with E-state index in [0.29, 0.717) is 5.56 Å². The van der Waals surface area contributed by atoms with E-state index in [4.69, 9.17) is 27.9 Å². The van der Waals surface area contributed by atoms with Crippen LogP contribution in [0.15, 0.2) is 48.5 Å². The van der Waals surface area contributed by atoms with Crippen molar-refractivity contribution in [1.29, 1.82) is 0 Å². The Morgan fingerprint density at radius 2 is 1.80 bits per heavy atom. The summed E-state index contributed by atoms with van der Waals surface area (Å²) < 4.78 is 19.1. The maximum Gasteiger partial charge on any atom is 0.165 e. The van der Waals surface area contributed by atoms with Gasteiger partial charge in [-0.25, -0.2) is 4.39 Å². The van der Waals surface area contributed by atoms with Crippen molar-refractivity contribution in [2.45, 2.75) is 17.5 Å². The SMILES string of the molecule is OC(c1ccc(F)c(OCc2ccccc2)c1)C(Cl)Cl. The maximum absolute atomic E-state index is 13.7. The van der Waals surface area contributed by atoms with Gasteiger partial charge in [-0.3, -0.25) is 0 Å². The molecule has 2 aromatic carbocycles. The van der Waals surface area contributed by atoms with Crippen molar-refractivity contribution in [1.82, 2.24) is 0 Å². The van der Waals surface area contributed by atoms with Gasteiger partial charge in [-0.2, -0.15) is 0 Å². The van der Waals surface area contributed by atoms with Crippen molar-refractivity contribution in [2.24, 2.45) is 0 Å². The molecule has 0 bridgehead atoms. The summed E-state index contributed by atoms with van der Waals surface area (Å²) in [4.78, 5) is -0.984. The molecule has 1 unspecified atom stereocenters. The molecule has 0 aliphatic heterocycles. The summed E-state index contributed by atoms with van der Waals surface area (Å²) in [6, 6.07) is 13.4. The molecule has 2 rings (SSSR count). The summed E-state index contributed by atoms with van der Waals surface area (Å²) in [6.07, 6.45) is -1.09. The van der Waals surface area contributed by atoms with Crippen molar-refractivity contribution < 1.29 is 14.2 Å². The lowest BCUT2D eigenvalue weighted by atomic mass is 10.1. The van der Waals surface area contributed by atoms with Crippen molar-refractivity contribution in [3.63, 3.8) is 0 Å². The zero-order valence-corrected chi connectivity index (χ0v) is 12.0. The molecule has 0 saturated heterocycles. The lowest BCUT2D eigenvalue weighted by Crippen LogP contribution is -2.07. The van der Waals surface area contributed by atoms with Crippen LogP contribution in [0.4, 0.5) is 4.39 Å². The van der Waals surface area contributed by atoms with Gasteiger partial charge in [0, 0.05) is 0 Å². The van der Waals surface area contributed by atoms with Crippen LogP contribution in [0.25, 0.3) is 0 Å². The highest BCUT2D eigenvalue weighted by Crippen LogP contribution is 2.28. The number of benzene rings is 2. The second-order valence-corrected chi connectivity index (χ2v) is 5.41. The first-order valence-electron chi connectivity index (χ1n) is 6.00. The van der Waals surface area contributed by atoms with Crippen molar-refractivity contribution in [3.8, 4) is 5.75 Å². The van der Waals surface area contributed by atoms with Crippen molar-refractivity contribution in [2.75, 3.05) is 0 Å². The molecule has 0 amide bonds. The second kappa shape index (κ2) is 6.93. The molecule has 0 aliphatic carbocycles. The predicted octanol–water partition coefficient (Wildman–Crippen LogP) is 4.24. The number of hydrogen-bond donors (Lipinski definition) is 1. The van der Waals surface area contributed by atoms with Gasteiger partial charge in [0.2, 0.25) is 0 Å². The Kier molecular flexibility index (Phi) is 5.24. The molecule has 0 aliphatic rings. The van der Waals surface area contributed by atoms with Crippen LogP contribution < -0.4 is 4.74 Å². The minimum Gasteiger partial charge on any atom is -0.486 e. The van der Waals surface area contributed by atoms with Gasteiger partial charge < -0.3 is 9.84 Å². The van der Waals surface area contributed by atoms with Gasteiger partial charge in [-0.15, -0.1) is 23.2 Å². The van der Waals surface area contributed by atoms with Gasteiger partial charge in [0.25, 0.3) is 0 Å². The number of aliphatic hydroxyl groups excluding tert-OH is 1. The summed E-state index contributed by atoms with van der Waals surface area (Å²) in [7, 11) is 0. The third kappa shape index (κ3) is 3.85.